The van der Waals surface area contributed by atoms with Crippen LogP contribution in [-0.2, 0) is 0 Å². The summed E-state index contributed by atoms with van der Waals surface area (Å²) < 4.78 is 0. The Kier molecular flexibility index (Phi) is 3.68. The van der Waals surface area contributed by atoms with Crippen LogP contribution in [0.2, 0.25) is 0 Å². The molecule has 0 bridgehead atoms. The Morgan fingerprint density at radius 2 is 1.46 bits per heavy atom. The van der Waals surface area contributed by atoms with E-state index in [1.54, 1.807) is 0 Å². The molecule has 0 atom stereocenters. The molecule has 0 N–H and O–H groups in total. The number of benzene rings is 4. The summed E-state index contributed by atoms with van der Waals surface area (Å²) >= 11 is 0. The summed E-state index contributed by atoms with van der Waals surface area (Å²) in [5.41, 5.74) is 3.42. The minimum absolute atomic E-state index is 0.0334. The van der Waals surface area contributed by atoms with E-state index in [1.807, 2.05) is 66.7 Å². The Hall–Kier alpha value is -3.19. The van der Waals surface area contributed by atoms with Crippen LogP contribution in [0.4, 0.5) is 0 Å². The maximum Gasteiger partial charge on any atom is 0.193 e. The second-order valence-electron chi connectivity index (χ2n) is 5.71. The number of hydrogen-bond donors (Lipinski definition) is 0. The van der Waals surface area contributed by atoms with E-state index < -0.39 is 0 Å². The van der Waals surface area contributed by atoms with E-state index in [4.69, 9.17) is 0 Å². The SMILES string of the molecule is O=C(c1ccccc1)c1cc[c]c(-c2cccc3ccccc23)c1. The predicted octanol–water partition coefficient (Wildman–Crippen LogP) is 5.54. The van der Waals surface area contributed by atoms with E-state index in [1.165, 1.54) is 10.8 Å². The van der Waals surface area contributed by atoms with Gasteiger partial charge in [0.05, 0.1) is 0 Å². The Morgan fingerprint density at radius 3 is 2.33 bits per heavy atom. The molecule has 0 amide bonds. The minimum atomic E-state index is 0.0334. The summed E-state index contributed by atoms with van der Waals surface area (Å²) in [6.07, 6.45) is 0. The third kappa shape index (κ3) is 2.61. The van der Waals surface area contributed by atoms with Crippen LogP contribution in [0.25, 0.3) is 21.9 Å². The lowest BCUT2D eigenvalue weighted by Gasteiger charge is -2.08. The molecule has 0 heterocycles. The Morgan fingerprint density at radius 1 is 0.708 bits per heavy atom. The van der Waals surface area contributed by atoms with Gasteiger partial charge >= 0.3 is 0 Å². The van der Waals surface area contributed by atoms with Crippen molar-refractivity contribution in [2.75, 3.05) is 0 Å². The highest BCUT2D eigenvalue weighted by molar-refractivity contribution is 6.10. The summed E-state index contributed by atoms with van der Waals surface area (Å²) in [5.74, 6) is 0.0334. The lowest BCUT2D eigenvalue weighted by atomic mass is 9.95. The van der Waals surface area contributed by atoms with Crippen molar-refractivity contribution in [3.05, 3.63) is 108 Å². The first-order valence-corrected chi connectivity index (χ1v) is 7.92. The van der Waals surface area contributed by atoms with E-state index in [-0.39, 0.29) is 5.78 Å². The van der Waals surface area contributed by atoms with Gasteiger partial charge in [0.1, 0.15) is 0 Å². The molecule has 0 aliphatic carbocycles. The highest BCUT2D eigenvalue weighted by Gasteiger charge is 2.10. The summed E-state index contributed by atoms with van der Waals surface area (Å²) in [4.78, 5) is 12.7. The molecule has 4 rings (SSSR count). The molecule has 0 aliphatic rings. The van der Waals surface area contributed by atoms with Crippen LogP contribution < -0.4 is 0 Å². The Balaban J connectivity index is 1.82. The monoisotopic (exact) mass is 307 g/mol. The van der Waals surface area contributed by atoms with Gasteiger partial charge in [-0.05, 0) is 34.0 Å². The minimum Gasteiger partial charge on any atom is -0.289 e. The van der Waals surface area contributed by atoms with Crippen molar-refractivity contribution in [1.29, 1.82) is 0 Å². The van der Waals surface area contributed by atoms with E-state index in [9.17, 15) is 4.79 Å². The number of rotatable bonds is 3. The first kappa shape index (κ1) is 14.4. The normalized spacial score (nSPS) is 10.7. The number of hydrogen-bond acceptors (Lipinski definition) is 1. The summed E-state index contributed by atoms with van der Waals surface area (Å²) in [7, 11) is 0. The molecule has 0 spiro atoms. The fraction of sp³-hybridized carbons (Fsp3) is 0. The van der Waals surface area contributed by atoms with Crippen LogP contribution in [-0.4, -0.2) is 5.78 Å². The quantitative estimate of drug-likeness (QED) is 0.454. The van der Waals surface area contributed by atoms with Crippen LogP contribution in [0, 0.1) is 6.07 Å². The zero-order chi connectivity index (χ0) is 16.4. The zero-order valence-corrected chi connectivity index (χ0v) is 13.1. The van der Waals surface area contributed by atoms with Crippen LogP contribution in [0.15, 0.2) is 91.0 Å². The van der Waals surface area contributed by atoms with Gasteiger partial charge < -0.3 is 0 Å². The molecule has 4 aromatic carbocycles. The molecule has 113 valence electrons. The maximum absolute atomic E-state index is 12.7. The van der Waals surface area contributed by atoms with Crippen molar-refractivity contribution in [1.82, 2.24) is 0 Å². The van der Waals surface area contributed by atoms with Crippen LogP contribution >= 0.6 is 0 Å². The molecule has 0 aliphatic heterocycles. The number of carbonyl (C=O) groups is 1. The van der Waals surface area contributed by atoms with Gasteiger partial charge in [0.2, 0.25) is 0 Å². The van der Waals surface area contributed by atoms with Crippen molar-refractivity contribution in [2.45, 2.75) is 0 Å². The molecule has 24 heavy (non-hydrogen) atoms. The Labute approximate surface area is 141 Å². The van der Waals surface area contributed by atoms with Crippen molar-refractivity contribution < 1.29 is 4.79 Å². The third-order valence-electron chi connectivity index (χ3n) is 4.18. The molecule has 0 fully saturated rings. The third-order valence-corrected chi connectivity index (χ3v) is 4.18. The fourth-order valence-corrected chi connectivity index (χ4v) is 2.98. The Bertz CT molecular complexity index is 1010. The van der Waals surface area contributed by atoms with Crippen LogP contribution in [0.5, 0.6) is 0 Å². The average molecular weight is 307 g/mol. The van der Waals surface area contributed by atoms with Crippen molar-refractivity contribution in [3.63, 3.8) is 0 Å². The van der Waals surface area contributed by atoms with Gasteiger partial charge in [-0.2, -0.15) is 0 Å². The molecule has 1 heteroatoms. The second-order valence-corrected chi connectivity index (χ2v) is 5.71. The number of carbonyl (C=O) groups excluding carboxylic acids is 1. The first-order valence-electron chi connectivity index (χ1n) is 7.92. The van der Waals surface area contributed by atoms with Crippen LogP contribution in [0.1, 0.15) is 15.9 Å². The van der Waals surface area contributed by atoms with Gasteiger partial charge in [-0.15, -0.1) is 0 Å². The van der Waals surface area contributed by atoms with E-state index >= 15 is 0 Å². The van der Waals surface area contributed by atoms with Gasteiger partial charge in [0.15, 0.2) is 5.78 Å². The smallest absolute Gasteiger partial charge is 0.193 e. The van der Waals surface area contributed by atoms with Gasteiger partial charge in [-0.1, -0.05) is 84.9 Å². The molecule has 0 aromatic heterocycles. The van der Waals surface area contributed by atoms with E-state index in [0.717, 1.165) is 11.1 Å². The standard InChI is InChI=1S/C23H15O/c24-23(18-9-2-1-3-10-18)20-13-6-12-19(16-20)22-15-7-11-17-8-4-5-14-21(17)22/h1-11,13-16H. The summed E-state index contributed by atoms with van der Waals surface area (Å²) in [6, 6.07) is 32.7. The molecule has 0 saturated carbocycles. The summed E-state index contributed by atoms with van der Waals surface area (Å²) in [5, 5.41) is 2.35. The zero-order valence-electron chi connectivity index (χ0n) is 13.1. The van der Waals surface area contributed by atoms with Gasteiger partial charge in [-0.3, -0.25) is 4.79 Å². The van der Waals surface area contributed by atoms with Crippen molar-refractivity contribution in [2.24, 2.45) is 0 Å². The maximum atomic E-state index is 12.7. The molecule has 1 nitrogen and oxygen atoms in total. The lowest BCUT2D eigenvalue weighted by molar-refractivity contribution is 0.103. The summed E-state index contributed by atoms with van der Waals surface area (Å²) in [6.45, 7) is 0. The molecule has 1 radical (unpaired) electrons. The van der Waals surface area contributed by atoms with E-state index in [0.29, 0.717) is 11.1 Å². The number of ketones is 1. The van der Waals surface area contributed by atoms with E-state index in [2.05, 4.69) is 30.3 Å². The van der Waals surface area contributed by atoms with Gasteiger partial charge in [0, 0.05) is 11.1 Å². The molecule has 0 unspecified atom stereocenters. The van der Waals surface area contributed by atoms with Crippen molar-refractivity contribution >= 4 is 16.6 Å². The largest absolute Gasteiger partial charge is 0.289 e. The fourth-order valence-electron chi connectivity index (χ4n) is 2.98. The molecular formula is C23H15O. The van der Waals surface area contributed by atoms with Gasteiger partial charge in [0.25, 0.3) is 0 Å². The molecular weight excluding hydrogens is 292 g/mol. The molecule has 4 aromatic rings. The highest BCUT2D eigenvalue weighted by atomic mass is 16.1. The average Bonchev–Trinajstić information content (AvgIpc) is 2.68. The van der Waals surface area contributed by atoms with Gasteiger partial charge in [-0.25, -0.2) is 0 Å². The predicted molar refractivity (Wildman–Crippen MR) is 98.1 cm³/mol. The highest BCUT2D eigenvalue weighted by Crippen LogP contribution is 2.29. The second kappa shape index (κ2) is 6.13. The number of fused-ring (bicyclic) bond motifs is 1. The molecule has 0 saturated heterocycles. The lowest BCUT2D eigenvalue weighted by Crippen LogP contribution is -2.01. The topological polar surface area (TPSA) is 17.1 Å². The first-order chi connectivity index (χ1) is 11.8. The van der Waals surface area contributed by atoms with Crippen LogP contribution in [0.3, 0.4) is 0 Å². The van der Waals surface area contributed by atoms with Crippen molar-refractivity contribution in [3.8, 4) is 11.1 Å².